The number of rotatable bonds is 5. The summed E-state index contributed by atoms with van der Waals surface area (Å²) in [6.45, 7) is 0. The van der Waals surface area contributed by atoms with Crippen LogP contribution in [0.4, 0.5) is 5.69 Å². The van der Waals surface area contributed by atoms with Crippen LogP contribution in [0.2, 0.25) is 0 Å². The van der Waals surface area contributed by atoms with E-state index in [-0.39, 0.29) is 15.4 Å². The lowest BCUT2D eigenvalue weighted by molar-refractivity contribution is 0.415. The molecule has 5 nitrogen and oxygen atoms in total. The topological polar surface area (TPSA) is 59.8 Å². The van der Waals surface area contributed by atoms with E-state index in [1.165, 1.54) is 17.4 Å². The van der Waals surface area contributed by atoms with E-state index in [1.807, 2.05) is 0 Å². The number of hydrogen-bond donors (Lipinski definition) is 0. The van der Waals surface area contributed by atoms with Crippen LogP contribution in [0, 0.1) is 0 Å². The molecule has 21 heavy (non-hydrogen) atoms. The predicted molar refractivity (Wildman–Crippen MR) is 84.5 cm³/mol. The summed E-state index contributed by atoms with van der Waals surface area (Å²) in [5.74, 6) is 1.13. The lowest BCUT2D eigenvalue weighted by Crippen LogP contribution is -2.26. The van der Waals surface area contributed by atoms with Crippen molar-refractivity contribution < 1.29 is 17.6 Å². The number of ether oxygens (including phenoxy) is 1. The zero-order valence-corrected chi connectivity index (χ0v) is 14.5. The van der Waals surface area contributed by atoms with Gasteiger partial charge in [-0.15, -0.1) is 11.6 Å². The van der Waals surface area contributed by atoms with Gasteiger partial charge in [0, 0.05) is 13.1 Å². The third kappa shape index (κ3) is 3.20. The number of methoxy groups -OCH3 is 1. The fourth-order valence-electron chi connectivity index (χ4n) is 1.72. The van der Waals surface area contributed by atoms with E-state index in [4.69, 9.17) is 20.8 Å². The van der Waals surface area contributed by atoms with Crippen LogP contribution in [0.15, 0.2) is 44.3 Å². The molecule has 0 fully saturated rings. The maximum absolute atomic E-state index is 12.6. The average Bonchev–Trinajstić information content (AvgIpc) is 2.88. The Bertz CT molecular complexity index is 727. The Balaban J connectivity index is 2.39. The van der Waals surface area contributed by atoms with Gasteiger partial charge in [0.25, 0.3) is 10.0 Å². The number of sulfonamides is 1. The number of benzene rings is 1. The SMILES string of the molecule is COc1ccc(N(C)S(=O)(=O)c2cc(CCl)oc2Br)cc1. The summed E-state index contributed by atoms with van der Waals surface area (Å²) >= 11 is 8.76. The van der Waals surface area contributed by atoms with Crippen LogP contribution >= 0.6 is 27.5 Å². The molecule has 0 aliphatic heterocycles. The van der Waals surface area contributed by atoms with E-state index in [0.717, 1.165) is 0 Å². The molecule has 1 heterocycles. The van der Waals surface area contributed by atoms with Crippen LogP contribution in [0.1, 0.15) is 5.76 Å². The van der Waals surface area contributed by atoms with Crippen molar-refractivity contribution in [2.45, 2.75) is 10.8 Å². The third-order valence-corrected chi connectivity index (χ3v) is 5.82. The third-order valence-electron chi connectivity index (χ3n) is 2.91. The molecule has 0 N–H and O–H groups in total. The van der Waals surface area contributed by atoms with Gasteiger partial charge in [0.1, 0.15) is 16.4 Å². The molecule has 0 saturated heterocycles. The van der Waals surface area contributed by atoms with Gasteiger partial charge in [-0.3, -0.25) is 4.31 Å². The molecular formula is C13H13BrClNO4S. The highest BCUT2D eigenvalue weighted by molar-refractivity contribution is 9.10. The second kappa shape index (κ2) is 6.29. The van der Waals surface area contributed by atoms with Crippen molar-refractivity contribution in [2.75, 3.05) is 18.5 Å². The van der Waals surface area contributed by atoms with Gasteiger partial charge in [-0.2, -0.15) is 0 Å². The molecule has 1 aromatic carbocycles. The molecular weight excluding hydrogens is 382 g/mol. The maximum Gasteiger partial charge on any atom is 0.268 e. The normalized spacial score (nSPS) is 11.4. The first-order chi connectivity index (χ1) is 9.90. The van der Waals surface area contributed by atoms with Crippen LogP contribution < -0.4 is 9.04 Å². The highest BCUT2D eigenvalue weighted by Gasteiger charge is 2.27. The van der Waals surface area contributed by atoms with Gasteiger partial charge in [-0.25, -0.2) is 8.42 Å². The van der Waals surface area contributed by atoms with Crippen molar-refractivity contribution in [3.05, 3.63) is 40.8 Å². The Morgan fingerprint density at radius 1 is 1.33 bits per heavy atom. The van der Waals surface area contributed by atoms with Crippen LogP contribution in [0.25, 0.3) is 0 Å². The molecule has 114 valence electrons. The van der Waals surface area contributed by atoms with E-state index in [2.05, 4.69) is 15.9 Å². The minimum Gasteiger partial charge on any atom is -0.497 e. The van der Waals surface area contributed by atoms with E-state index in [9.17, 15) is 8.42 Å². The molecule has 0 radical (unpaired) electrons. The van der Waals surface area contributed by atoms with Crippen LogP contribution in [0.3, 0.4) is 0 Å². The van der Waals surface area contributed by atoms with Crippen molar-refractivity contribution >= 4 is 43.2 Å². The molecule has 0 atom stereocenters. The molecule has 0 amide bonds. The maximum atomic E-state index is 12.6. The molecule has 0 aliphatic rings. The standard InChI is InChI=1S/C13H13BrClNO4S/c1-16(9-3-5-10(19-2)6-4-9)21(17,18)12-7-11(8-15)20-13(12)14/h3-7H,8H2,1-2H3. The summed E-state index contributed by atoms with van der Waals surface area (Å²) in [7, 11) is -0.722. The number of halogens is 2. The monoisotopic (exact) mass is 393 g/mol. The lowest BCUT2D eigenvalue weighted by atomic mass is 10.3. The molecule has 0 unspecified atom stereocenters. The van der Waals surface area contributed by atoms with E-state index in [0.29, 0.717) is 17.2 Å². The van der Waals surface area contributed by atoms with Gasteiger partial charge in [0.05, 0.1) is 18.7 Å². The summed E-state index contributed by atoms with van der Waals surface area (Å²) < 4.78 is 36.8. The van der Waals surface area contributed by atoms with E-state index >= 15 is 0 Å². The lowest BCUT2D eigenvalue weighted by Gasteiger charge is -2.18. The second-order valence-corrected chi connectivity index (χ2v) is 7.08. The number of alkyl halides is 1. The van der Waals surface area contributed by atoms with E-state index < -0.39 is 10.0 Å². The molecule has 0 spiro atoms. The van der Waals surface area contributed by atoms with Gasteiger partial charge < -0.3 is 9.15 Å². The van der Waals surface area contributed by atoms with Gasteiger partial charge in [-0.1, -0.05) is 0 Å². The Kier molecular flexibility index (Phi) is 4.85. The smallest absolute Gasteiger partial charge is 0.268 e. The minimum atomic E-state index is -3.74. The molecule has 1 aromatic heterocycles. The summed E-state index contributed by atoms with van der Waals surface area (Å²) in [6, 6.07) is 8.11. The Morgan fingerprint density at radius 2 is 1.95 bits per heavy atom. The quantitative estimate of drug-likeness (QED) is 0.727. The number of hydrogen-bond acceptors (Lipinski definition) is 4. The highest BCUT2D eigenvalue weighted by Crippen LogP contribution is 2.31. The second-order valence-electron chi connectivity index (χ2n) is 4.15. The predicted octanol–water partition coefficient (Wildman–Crippen LogP) is 3.61. The Morgan fingerprint density at radius 3 is 2.43 bits per heavy atom. The first-order valence-corrected chi connectivity index (χ1v) is 8.64. The van der Waals surface area contributed by atoms with Gasteiger partial charge >= 0.3 is 0 Å². The summed E-state index contributed by atoms with van der Waals surface area (Å²) in [6.07, 6.45) is 0. The van der Waals surface area contributed by atoms with Gasteiger partial charge in [0.2, 0.25) is 0 Å². The van der Waals surface area contributed by atoms with E-state index in [1.54, 1.807) is 31.4 Å². The zero-order chi connectivity index (χ0) is 15.6. The summed E-state index contributed by atoms with van der Waals surface area (Å²) in [4.78, 5) is 0.0384. The first kappa shape index (κ1) is 16.2. The summed E-state index contributed by atoms with van der Waals surface area (Å²) in [5, 5.41) is 0. The van der Waals surface area contributed by atoms with Crippen LogP contribution in [-0.4, -0.2) is 22.6 Å². The first-order valence-electron chi connectivity index (χ1n) is 5.87. The molecule has 0 saturated carbocycles. The van der Waals surface area contributed by atoms with Crippen molar-refractivity contribution in [2.24, 2.45) is 0 Å². The highest BCUT2D eigenvalue weighted by atomic mass is 79.9. The average molecular weight is 395 g/mol. The van der Waals surface area contributed by atoms with Crippen molar-refractivity contribution in [3.8, 4) is 5.75 Å². The Labute approximate surface area is 136 Å². The number of furan rings is 1. The van der Waals surface area contributed by atoms with Crippen LogP contribution in [-0.2, 0) is 15.9 Å². The molecule has 8 heteroatoms. The number of nitrogens with zero attached hydrogens (tertiary/aromatic N) is 1. The van der Waals surface area contributed by atoms with Crippen molar-refractivity contribution in [3.63, 3.8) is 0 Å². The molecule has 0 bridgehead atoms. The largest absolute Gasteiger partial charge is 0.497 e. The molecule has 2 rings (SSSR count). The van der Waals surface area contributed by atoms with Crippen molar-refractivity contribution in [1.29, 1.82) is 0 Å². The minimum absolute atomic E-state index is 0.0384. The number of anilines is 1. The Hall–Kier alpha value is -1.18. The van der Waals surface area contributed by atoms with Gasteiger partial charge in [0.15, 0.2) is 4.67 Å². The molecule has 2 aromatic rings. The summed E-state index contributed by atoms with van der Waals surface area (Å²) in [5.41, 5.74) is 0.510. The fraction of sp³-hybridized carbons (Fsp3) is 0.231. The van der Waals surface area contributed by atoms with Gasteiger partial charge in [-0.05, 0) is 40.2 Å². The molecule has 0 aliphatic carbocycles. The van der Waals surface area contributed by atoms with Crippen LogP contribution in [0.5, 0.6) is 5.75 Å². The zero-order valence-electron chi connectivity index (χ0n) is 11.3. The fourth-order valence-corrected chi connectivity index (χ4v) is 4.00. The van der Waals surface area contributed by atoms with Crippen molar-refractivity contribution in [1.82, 2.24) is 0 Å².